The minimum absolute atomic E-state index is 0. The van der Waals surface area contributed by atoms with Crippen LogP contribution in [0.25, 0.3) is 10.9 Å². The topological polar surface area (TPSA) is 37.3 Å². The van der Waals surface area contributed by atoms with E-state index in [2.05, 4.69) is 21.2 Å². The Hall–Kier alpha value is -1.04. The number of halogens is 2. The van der Waals surface area contributed by atoms with Gasteiger partial charge in [-0.1, -0.05) is 15.9 Å². The maximum atomic E-state index is 12.6. The highest BCUT2D eigenvalue weighted by molar-refractivity contribution is 9.10. The fraction of sp³-hybridized carbons (Fsp3) is 0.357. The number of carbonyl (C=O) groups is 1. The van der Waals surface area contributed by atoms with Crippen molar-refractivity contribution < 1.29 is 4.79 Å². The van der Waals surface area contributed by atoms with Crippen molar-refractivity contribution in [2.45, 2.75) is 0 Å². The smallest absolute Gasteiger partial charge is 0.256 e. The van der Waals surface area contributed by atoms with Gasteiger partial charge in [0.05, 0.1) is 5.56 Å². The van der Waals surface area contributed by atoms with E-state index in [0.29, 0.717) is 0 Å². The Morgan fingerprint density at radius 3 is 2.70 bits per heavy atom. The molecule has 0 radical (unpaired) electrons. The van der Waals surface area contributed by atoms with Gasteiger partial charge in [-0.2, -0.15) is 0 Å². The molecule has 0 atom stereocenters. The lowest BCUT2D eigenvalue weighted by atomic mass is 10.1. The van der Waals surface area contributed by atoms with Crippen LogP contribution in [0.3, 0.4) is 0 Å². The van der Waals surface area contributed by atoms with Crippen LogP contribution in [0.4, 0.5) is 0 Å². The quantitative estimate of drug-likeness (QED) is 0.850. The average Bonchev–Trinajstić information content (AvgIpc) is 2.75. The molecule has 1 amide bonds. The molecule has 0 bridgehead atoms. The highest BCUT2D eigenvalue weighted by Gasteiger charge is 2.21. The van der Waals surface area contributed by atoms with E-state index < -0.39 is 0 Å². The van der Waals surface area contributed by atoms with E-state index in [1.165, 1.54) is 0 Å². The summed E-state index contributed by atoms with van der Waals surface area (Å²) in [5, 5.41) is 4.28. The van der Waals surface area contributed by atoms with Crippen LogP contribution in [0, 0.1) is 0 Å². The van der Waals surface area contributed by atoms with Gasteiger partial charge in [0.15, 0.2) is 0 Å². The Morgan fingerprint density at radius 1 is 1.30 bits per heavy atom. The van der Waals surface area contributed by atoms with Gasteiger partial charge in [0.25, 0.3) is 5.91 Å². The highest BCUT2D eigenvalue weighted by atomic mass is 79.9. The van der Waals surface area contributed by atoms with Crippen LogP contribution in [0.1, 0.15) is 10.4 Å². The fourth-order valence-electron chi connectivity index (χ4n) is 2.57. The summed E-state index contributed by atoms with van der Waals surface area (Å²) in [6, 6.07) is 6.06. The Labute approximate surface area is 132 Å². The van der Waals surface area contributed by atoms with E-state index in [0.717, 1.165) is 47.1 Å². The number of nitrogens with one attached hydrogen (secondary N) is 1. The van der Waals surface area contributed by atoms with Crippen molar-refractivity contribution in [2.24, 2.45) is 7.05 Å². The summed E-state index contributed by atoms with van der Waals surface area (Å²) >= 11 is 3.48. The number of aryl methyl sites for hydroxylation is 1. The van der Waals surface area contributed by atoms with Crippen molar-refractivity contribution in [3.05, 3.63) is 34.4 Å². The number of piperazine rings is 1. The zero-order valence-corrected chi connectivity index (χ0v) is 13.6. The van der Waals surface area contributed by atoms with Gasteiger partial charge in [-0.05, 0) is 18.2 Å². The number of amides is 1. The number of rotatable bonds is 1. The SMILES string of the molecule is Cl.Cn1cc(C(=O)N2CCNCC2)c2cc(Br)ccc21. The van der Waals surface area contributed by atoms with Crippen molar-refractivity contribution >= 4 is 45.1 Å². The summed E-state index contributed by atoms with van der Waals surface area (Å²) in [6.45, 7) is 3.31. The minimum atomic E-state index is 0. The molecular formula is C14H17BrClN3O. The van der Waals surface area contributed by atoms with Crippen LogP contribution in [0.2, 0.25) is 0 Å². The lowest BCUT2D eigenvalue weighted by Gasteiger charge is -2.27. The van der Waals surface area contributed by atoms with Gasteiger partial charge in [0.1, 0.15) is 0 Å². The molecule has 0 spiro atoms. The van der Waals surface area contributed by atoms with E-state index in [1.54, 1.807) is 0 Å². The second-order valence-corrected chi connectivity index (χ2v) is 5.77. The lowest BCUT2D eigenvalue weighted by molar-refractivity contribution is 0.0737. The number of hydrogen-bond acceptors (Lipinski definition) is 2. The standard InChI is InChI=1S/C14H16BrN3O.ClH/c1-17-9-12(11-8-10(15)2-3-13(11)17)14(19)18-6-4-16-5-7-18;/h2-3,8-9,16H,4-7H2,1H3;1H. The molecule has 0 saturated carbocycles. The molecule has 1 aromatic carbocycles. The number of nitrogens with zero attached hydrogens (tertiary/aromatic N) is 2. The molecule has 6 heteroatoms. The first-order chi connectivity index (χ1) is 9.16. The number of hydrogen-bond donors (Lipinski definition) is 1. The van der Waals surface area contributed by atoms with Gasteiger partial charge >= 0.3 is 0 Å². The van der Waals surface area contributed by atoms with Crippen molar-refractivity contribution in [1.82, 2.24) is 14.8 Å². The molecule has 3 rings (SSSR count). The molecule has 2 heterocycles. The third-order valence-electron chi connectivity index (χ3n) is 3.59. The van der Waals surface area contributed by atoms with Crippen LogP contribution in [-0.4, -0.2) is 41.6 Å². The third kappa shape index (κ3) is 2.71. The number of carbonyl (C=O) groups excluding carboxylic acids is 1. The summed E-state index contributed by atoms with van der Waals surface area (Å²) in [7, 11) is 1.98. The number of benzene rings is 1. The van der Waals surface area contributed by atoms with E-state index in [4.69, 9.17) is 0 Å². The molecule has 1 N–H and O–H groups in total. The van der Waals surface area contributed by atoms with Crippen molar-refractivity contribution in [2.75, 3.05) is 26.2 Å². The van der Waals surface area contributed by atoms with Gasteiger partial charge in [-0.15, -0.1) is 12.4 Å². The number of fused-ring (bicyclic) bond motifs is 1. The van der Waals surface area contributed by atoms with E-state index >= 15 is 0 Å². The average molecular weight is 359 g/mol. The maximum Gasteiger partial charge on any atom is 0.256 e. The Balaban J connectivity index is 0.00000147. The second kappa shape index (κ2) is 6.16. The zero-order valence-electron chi connectivity index (χ0n) is 11.2. The molecule has 1 fully saturated rings. The van der Waals surface area contributed by atoms with Crippen molar-refractivity contribution in [1.29, 1.82) is 0 Å². The molecule has 0 aliphatic carbocycles. The van der Waals surface area contributed by atoms with Crippen LogP contribution in [-0.2, 0) is 7.05 Å². The predicted molar refractivity (Wildman–Crippen MR) is 86.6 cm³/mol. The summed E-state index contributed by atoms with van der Waals surface area (Å²) in [4.78, 5) is 14.5. The third-order valence-corrected chi connectivity index (χ3v) is 4.08. The molecule has 1 aromatic heterocycles. The first-order valence-electron chi connectivity index (χ1n) is 6.41. The normalized spacial score (nSPS) is 15.2. The highest BCUT2D eigenvalue weighted by Crippen LogP contribution is 2.25. The van der Waals surface area contributed by atoms with Crippen LogP contribution >= 0.6 is 28.3 Å². The van der Waals surface area contributed by atoms with Gasteiger partial charge in [-0.25, -0.2) is 0 Å². The Bertz CT molecular complexity index is 635. The number of aromatic nitrogens is 1. The molecule has 4 nitrogen and oxygen atoms in total. The Kier molecular flexibility index (Phi) is 4.73. The predicted octanol–water partition coefficient (Wildman–Crippen LogP) is 2.41. The van der Waals surface area contributed by atoms with Crippen LogP contribution < -0.4 is 5.32 Å². The van der Waals surface area contributed by atoms with Gasteiger partial charge in [0, 0.05) is 54.8 Å². The minimum Gasteiger partial charge on any atom is -0.350 e. The molecule has 2 aromatic rings. The summed E-state index contributed by atoms with van der Waals surface area (Å²) < 4.78 is 3.01. The molecule has 20 heavy (non-hydrogen) atoms. The lowest BCUT2D eigenvalue weighted by Crippen LogP contribution is -2.46. The van der Waals surface area contributed by atoms with Crippen molar-refractivity contribution in [3.8, 4) is 0 Å². The van der Waals surface area contributed by atoms with E-state index in [-0.39, 0.29) is 18.3 Å². The summed E-state index contributed by atoms with van der Waals surface area (Å²) in [5.41, 5.74) is 1.88. The zero-order chi connectivity index (χ0) is 13.4. The molecule has 108 valence electrons. The molecule has 1 aliphatic heterocycles. The van der Waals surface area contributed by atoms with E-state index in [9.17, 15) is 4.79 Å². The van der Waals surface area contributed by atoms with Gasteiger partial charge in [0.2, 0.25) is 0 Å². The molecule has 1 aliphatic rings. The van der Waals surface area contributed by atoms with Gasteiger partial charge < -0.3 is 14.8 Å². The van der Waals surface area contributed by atoms with E-state index in [1.807, 2.05) is 40.9 Å². The largest absolute Gasteiger partial charge is 0.350 e. The first kappa shape index (κ1) is 15.4. The Morgan fingerprint density at radius 2 is 2.00 bits per heavy atom. The first-order valence-corrected chi connectivity index (χ1v) is 7.21. The van der Waals surface area contributed by atoms with Crippen LogP contribution in [0.5, 0.6) is 0 Å². The molecular weight excluding hydrogens is 342 g/mol. The monoisotopic (exact) mass is 357 g/mol. The van der Waals surface area contributed by atoms with Gasteiger partial charge in [-0.3, -0.25) is 4.79 Å². The van der Waals surface area contributed by atoms with Crippen LogP contribution in [0.15, 0.2) is 28.9 Å². The molecule has 0 unspecified atom stereocenters. The molecule has 1 saturated heterocycles. The summed E-state index contributed by atoms with van der Waals surface area (Å²) in [5.74, 6) is 0.130. The second-order valence-electron chi connectivity index (χ2n) is 4.86. The maximum absolute atomic E-state index is 12.6. The summed E-state index contributed by atoms with van der Waals surface area (Å²) in [6.07, 6.45) is 1.93. The fourth-order valence-corrected chi connectivity index (χ4v) is 2.93. The van der Waals surface area contributed by atoms with Crippen molar-refractivity contribution in [3.63, 3.8) is 0 Å².